The summed E-state index contributed by atoms with van der Waals surface area (Å²) in [6.07, 6.45) is 5.12. The van der Waals surface area contributed by atoms with E-state index in [0.29, 0.717) is 19.6 Å². The van der Waals surface area contributed by atoms with Crippen LogP contribution >= 0.6 is 0 Å². The first-order chi connectivity index (χ1) is 15.9. The van der Waals surface area contributed by atoms with Gasteiger partial charge < -0.3 is 0 Å². The molecule has 0 spiro atoms. The summed E-state index contributed by atoms with van der Waals surface area (Å²) in [5.74, 6) is 19.6. The monoisotopic (exact) mass is 460 g/mol. The molecule has 2 heterocycles. The van der Waals surface area contributed by atoms with Crippen LogP contribution in [0.4, 0.5) is 0 Å². The molecule has 0 aromatic rings. The van der Waals surface area contributed by atoms with Crippen LogP contribution in [-0.2, 0) is 19.2 Å². The second-order valence-corrected chi connectivity index (χ2v) is 7.28. The summed E-state index contributed by atoms with van der Waals surface area (Å²) in [4.78, 5) is 57.2. The van der Waals surface area contributed by atoms with Gasteiger partial charge in [-0.15, -0.1) is 6.42 Å². The first kappa shape index (κ1) is 25.0. The number of carbonyl (C=O) groups excluding carboxylic acids is 4. The van der Waals surface area contributed by atoms with Crippen molar-refractivity contribution < 1.29 is 32.0 Å². The fourth-order valence-electron chi connectivity index (χ4n) is 3.25. The van der Waals surface area contributed by atoms with Gasteiger partial charge in [-0.2, -0.15) is 0 Å². The number of likely N-dealkylation sites (tertiary alicyclic amines) is 2. The Morgan fingerprint density at radius 1 is 0.970 bits per heavy atom. The maximum absolute atomic E-state index is 12.7. The van der Waals surface area contributed by atoms with E-state index in [9.17, 15) is 19.2 Å². The summed E-state index contributed by atoms with van der Waals surface area (Å²) in [6, 6.07) is 0. The van der Waals surface area contributed by atoms with Crippen molar-refractivity contribution in [3.05, 3.63) is 0 Å². The Kier molecular flexibility index (Phi) is 9.49. The number of carbonyl (C=O) groups is 4. The minimum absolute atomic E-state index is 0. The first-order valence-corrected chi connectivity index (χ1v) is 10.2. The first-order valence-electron chi connectivity index (χ1n) is 10.2. The van der Waals surface area contributed by atoms with Crippen LogP contribution < -0.4 is 0 Å². The molecule has 0 N–H and O–H groups in total. The van der Waals surface area contributed by atoms with Gasteiger partial charge in [0.15, 0.2) is 0 Å². The lowest BCUT2D eigenvalue weighted by molar-refractivity contribution is -0.143. The van der Waals surface area contributed by atoms with E-state index in [-0.39, 0.29) is 62.5 Å². The Morgan fingerprint density at radius 2 is 1.61 bits per heavy atom. The molecule has 184 valence electrons. The van der Waals surface area contributed by atoms with E-state index in [1.807, 2.05) is 0 Å². The number of terminal acetylenes is 1. The number of rotatable bonds is 8. The second-order valence-electron chi connectivity index (χ2n) is 7.28. The van der Waals surface area contributed by atoms with Gasteiger partial charge in [0.1, 0.15) is 5.92 Å². The standard InChI is InChI=1S/C25H22N4O4.9H2/c1-4-5-6-7-8-9-10-11-12-21-18-23(31)29(25(21)33)19-27(14-13-26-3)15-16-28-22(30)17-20(2)24(28)32;;;;;;;;;/h1,20-21H,3,13-19H2,2H3;9*1H. The van der Waals surface area contributed by atoms with Gasteiger partial charge >= 0.3 is 0 Å². The Bertz CT molecular complexity index is 1170. The quantitative estimate of drug-likeness (QED) is 0.312. The molecule has 4 amide bonds. The van der Waals surface area contributed by atoms with Gasteiger partial charge in [0.2, 0.25) is 23.6 Å². The fourth-order valence-corrected chi connectivity index (χ4v) is 3.25. The van der Waals surface area contributed by atoms with Gasteiger partial charge in [-0.25, -0.2) is 0 Å². The maximum atomic E-state index is 12.7. The summed E-state index contributed by atoms with van der Waals surface area (Å²) in [6.45, 7) is 6.45. The number of amides is 4. The van der Waals surface area contributed by atoms with E-state index < -0.39 is 11.8 Å². The van der Waals surface area contributed by atoms with E-state index in [4.69, 9.17) is 6.42 Å². The smallest absolute Gasteiger partial charge is 0.246 e. The van der Waals surface area contributed by atoms with Crippen LogP contribution in [0.15, 0.2) is 4.99 Å². The minimum Gasteiger partial charge on any atom is -0.300 e. The Morgan fingerprint density at radius 3 is 2.21 bits per heavy atom. The van der Waals surface area contributed by atoms with Gasteiger partial charge in [0.05, 0.1) is 13.2 Å². The number of hydrogen-bond donors (Lipinski definition) is 0. The Balaban J connectivity index is -0.000000214. The Labute approximate surface area is 207 Å². The average molecular weight is 461 g/mol. The lowest BCUT2D eigenvalue weighted by atomic mass is 10.1. The molecule has 33 heavy (non-hydrogen) atoms. The van der Waals surface area contributed by atoms with Crippen LogP contribution in [0, 0.1) is 71.5 Å². The molecule has 2 fully saturated rings. The molecule has 2 aliphatic heterocycles. The molecular weight excluding hydrogens is 420 g/mol. The highest BCUT2D eigenvalue weighted by Gasteiger charge is 2.39. The molecule has 0 radical (unpaired) electrons. The largest absolute Gasteiger partial charge is 0.300 e. The van der Waals surface area contributed by atoms with Gasteiger partial charge in [-0.3, -0.25) is 38.9 Å². The zero-order valence-electron chi connectivity index (χ0n) is 18.3. The van der Waals surface area contributed by atoms with Crippen LogP contribution in [0.25, 0.3) is 0 Å². The third-order valence-corrected chi connectivity index (χ3v) is 4.96. The molecule has 2 unspecified atom stereocenters. The predicted octanol–water partition coefficient (Wildman–Crippen LogP) is 1.58. The minimum atomic E-state index is -0.789. The van der Waals surface area contributed by atoms with Crippen LogP contribution in [0.3, 0.4) is 0 Å². The van der Waals surface area contributed by atoms with Gasteiger partial charge in [0.25, 0.3) is 0 Å². The van der Waals surface area contributed by atoms with Crippen LogP contribution in [0.1, 0.15) is 32.6 Å². The third kappa shape index (κ3) is 7.12. The SMILES string of the molecule is C#CC#CC#CC#CC#CC1CC(=O)N(CN(CCN=C)CCN2C(=O)CC(C)C2=O)C1=O.[HH].[HH].[HH].[HH].[HH].[HH].[HH].[HH].[HH]. The summed E-state index contributed by atoms with van der Waals surface area (Å²) in [5, 5.41) is 0. The van der Waals surface area contributed by atoms with Crippen molar-refractivity contribution in [1.29, 1.82) is 0 Å². The molecule has 0 aromatic carbocycles. The number of nitrogens with zero attached hydrogens (tertiary/aromatic N) is 4. The van der Waals surface area contributed by atoms with Crippen LogP contribution in [-0.4, -0.2) is 77.9 Å². The van der Waals surface area contributed by atoms with Crippen molar-refractivity contribution in [2.45, 2.75) is 19.8 Å². The van der Waals surface area contributed by atoms with E-state index in [1.54, 1.807) is 11.8 Å². The fraction of sp³-hybridized carbons (Fsp3) is 0.400. The van der Waals surface area contributed by atoms with Crippen LogP contribution in [0.5, 0.6) is 0 Å². The number of hydrogen-bond acceptors (Lipinski definition) is 6. The molecule has 0 aliphatic carbocycles. The summed E-state index contributed by atoms with van der Waals surface area (Å²) >= 11 is 0. The van der Waals surface area contributed by atoms with Crippen molar-refractivity contribution in [2.75, 3.05) is 32.8 Å². The molecule has 2 aliphatic rings. The van der Waals surface area contributed by atoms with Gasteiger partial charge in [-0.05, 0) is 54.1 Å². The van der Waals surface area contributed by atoms with Crippen molar-refractivity contribution in [3.8, 4) is 59.7 Å². The summed E-state index contributed by atoms with van der Waals surface area (Å²) in [7, 11) is 0. The molecule has 2 rings (SSSR count). The maximum Gasteiger partial charge on any atom is 0.246 e. The van der Waals surface area contributed by atoms with Crippen molar-refractivity contribution in [2.24, 2.45) is 16.8 Å². The van der Waals surface area contributed by atoms with Crippen molar-refractivity contribution in [3.63, 3.8) is 0 Å². The van der Waals surface area contributed by atoms with E-state index in [0.717, 1.165) is 4.90 Å². The van der Waals surface area contributed by atoms with Crippen LogP contribution in [0.2, 0.25) is 0 Å². The summed E-state index contributed by atoms with van der Waals surface area (Å²) in [5.41, 5.74) is 0. The summed E-state index contributed by atoms with van der Waals surface area (Å²) < 4.78 is 0. The molecule has 8 heteroatoms. The molecule has 2 atom stereocenters. The van der Waals surface area contributed by atoms with Crippen molar-refractivity contribution >= 4 is 30.3 Å². The number of imide groups is 2. The molecule has 0 bridgehead atoms. The van der Waals surface area contributed by atoms with E-state index in [1.165, 1.54) is 4.90 Å². The number of aliphatic imine (C=N–C) groups is 1. The van der Waals surface area contributed by atoms with Gasteiger partial charge in [-0.1, -0.05) is 12.8 Å². The predicted molar refractivity (Wildman–Crippen MR) is 140 cm³/mol. The molecule has 8 nitrogen and oxygen atoms in total. The zero-order chi connectivity index (χ0) is 24.2. The highest BCUT2D eigenvalue weighted by Crippen LogP contribution is 2.20. The van der Waals surface area contributed by atoms with E-state index in [2.05, 4.69) is 65.0 Å². The Hall–Kier alpha value is -4.29. The molecule has 0 saturated carbocycles. The zero-order valence-corrected chi connectivity index (χ0v) is 18.3. The molecule has 0 aromatic heterocycles. The third-order valence-electron chi connectivity index (χ3n) is 4.96. The average Bonchev–Trinajstić information content (AvgIpc) is 3.19. The normalized spacial score (nSPS) is 18.9. The molecular formula is C25H40N4O4. The second kappa shape index (κ2) is 12.5. The molecule has 2 saturated heterocycles. The lowest BCUT2D eigenvalue weighted by Crippen LogP contribution is -2.46. The highest BCUT2D eigenvalue weighted by atomic mass is 16.2. The topological polar surface area (TPSA) is 90.4 Å². The lowest BCUT2D eigenvalue weighted by Gasteiger charge is -2.27. The highest BCUT2D eigenvalue weighted by molar-refractivity contribution is 6.05. The van der Waals surface area contributed by atoms with Crippen molar-refractivity contribution in [1.82, 2.24) is 14.7 Å². The van der Waals surface area contributed by atoms with E-state index >= 15 is 0 Å². The van der Waals surface area contributed by atoms with Gasteiger partial charge in [0, 0.05) is 51.2 Å².